The molecule has 104 valence electrons. The van der Waals surface area contributed by atoms with Crippen LogP contribution in [-0.4, -0.2) is 39.2 Å². The van der Waals surface area contributed by atoms with Crippen molar-refractivity contribution < 1.29 is 14.4 Å². The summed E-state index contributed by atoms with van der Waals surface area (Å²) in [4.78, 5) is 16.7. The van der Waals surface area contributed by atoms with E-state index in [1.807, 2.05) is 30.3 Å². The summed E-state index contributed by atoms with van der Waals surface area (Å²) >= 11 is 0. The fourth-order valence-electron chi connectivity index (χ4n) is 1.77. The van der Waals surface area contributed by atoms with Gasteiger partial charge in [0.2, 0.25) is 11.7 Å². The molecule has 20 heavy (non-hydrogen) atoms. The molecule has 0 aliphatic carbocycles. The highest BCUT2D eigenvalue weighted by Crippen LogP contribution is 2.15. The van der Waals surface area contributed by atoms with Crippen molar-refractivity contribution in [1.82, 2.24) is 15.0 Å². The molecule has 6 heteroatoms. The van der Waals surface area contributed by atoms with Gasteiger partial charge >= 0.3 is 5.97 Å². The zero-order valence-electron chi connectivity index (χ0n) is 10.9. The maximum Gasteiger partial charge on any atom is 0.317 e. The number of carboxylic acids is 1. The minimum Gasteiger partial charge on any atom is -0.480 e. The number of carboxylic acid groups (broad SMARTS) is 1. The predicted molar refractivity (Wildman–Crippen MR) is 72.8 cm³/mol. The Morgan fingerprint density at radius 2 is 2.15 bits per heavy atom. The maximum atomic E-state index is 10.8. The summed E-state index contributed by atoms with van der Waals surface area (Å²) in [6, 6.07) is 9.45. The van der Waals surface area contributed by atoms with Crippen LogP contribution in [0.5, 0.6) is 0 Å². The van der Waals surface area contributed by atoms with Crippen molar-refractivity contribution in [3.05, 3.63) is 48.9 Å². The number of carbonyl (C=O) groups is 1. The molecule has 0 bridgehead atoms. The molecule has 2 aromatic rings. The van der Waals surface area contributed by atoms with Crippen LogP contribution in [0.3, 0.4) is 0 Å². The number of hydrogen-bond donors (Lipinski definition) is 1. The van der Waals surface area contributed by atoms with Gasteiger partial charge in [-0.2, -0.15) is 4.98 Å². The minimum absolute atomic E-state index is 0.102. The average molecular weight is 273 g/mol. The van der Waals surface area contributed by atoms with Crippen molar-refractivity contribution >= 4 is 5.97 Å². The highest BCUT2D eigenvalue weighted by molar-refractivity contribution is 5.69. The molecule has 0 saturated heterocycles. The number of rotatable bonds is 7. The second kappa shape index (κ2) is 6.63. The average Bonchev–Trinajstić information content (AvgIpc) is 2.88. The van der Waals surface area contributed by atoms with Gasteiger partial charge in [-0.1, -0.05) is 41.6 Å². The van der Waals surface area contributed by atoms with Crippen LogP contribution in [-0.2, 0) is 11.3 Å². The van der Waals surface area contributed by atoms with Gasteiger partial charge in [-0.15, -0.1) is 6.58 Å². The SMILES string of the molecule is C=CCN(CC(=O)O)Cc1nc(-c2ccccc2)no1. The van der Waals surface area contributed by atoms with Crippen LogP contribution in [0.4, 0.5) is 0 Å². The largest absolute Gasteiger partial charge is 0.480 e. The molecule has 0 radical (unpaired) electrons. The lowest BCUT2D eigenvalue weighted by Gasteiger charge is -2.15. The lowest BCUT2D eigenvalue weighted by Crippen LogP contribution is -2.29. The maximum absolute atomic E-state index is 10.8. The van der Waals surface area contributed by atoms with E-state index in [9.17, 15) is 4.79 Å². The van der Waals surface area contributed by atoms with Gasteiger partial charge in [-0.25, -0.2) is 0 Å². The van der Waals surface area contributed by atoms with Crippen molar-refractivity contribution in [2.75, 3.05) is 13.1 Å². The summed E-state index contributed by atoms with van der Waals surface area (Å²) in [5, 5.41) is 12.7. The lowest BCUT2D eigenvalue weighted by atomic mass is 10.2. The van der Waals surface area contributed by atoms with Crippen LogP contribution in [0.25, 0.3) is 11.4 Å². The molecular formula is C14H15N3O3. The summed E-state index contributed by atoms with van der Waals surface area (Å²) in [7, 11) is 0. The van der Waals surface area contributed by atoms with Crippen molar-refractivity contribution in [3.63, 3.8) is 0 Å². The second-order valence-electron chi connectivity index (χ2n) is 4.23. The summed E-state index contributed by atoms with van der Waals surface area (Å²) in [6.45, 7) is 4.21. The van der Waals surface area contributed by atoms with Gasteiger partial charge in [0.05, 0.1) is 13.1 Å². The second-order valence-corrected chi connectivity index (χ2v) is 4.23. The Morgan fingerprint density at radius 1 is 1.40 bits per heavy atom. The molecule has 0 fully saturated rings. The third-order valence-corrected chi connectivity index (χ3v) is 2.61. The monoisotopic (exact) mass is 273 g/mol. The van der Waals surface area contributed by atoms with E-state index in [0.717, 1.165) is 5.56 Å². The molecule has 1 aromatic heterocycles. The Balaban J connectivity index is 2.08. The first kappa shape index (κ1) is 14.0. The smallest absolute Gasteiger partial charge is 0.317 e. The molecule has 1 heterocycles. The summed E-state index contributed by atoms with van der Waals surface area (Å²) < 4.78 is 5.15. The molecular weight excluding hydrogens is 258 g/mol. The first-order chi connectivity index (χ1) is 9.69. The van der Waals surface area contributed by atoms with E-state index in [1.165, 1.54) is 0 Å². The molecule has 0 unspecified atom stereocenters. The van der Waals surface area contributed by atoms with E-state index >= 15 is 0 Å². The van der Waals surface area contributed by atoms with Crippen molar-refractivity contribution in [2.24, 2.45) is 0 Å². The number of benzene rings is 1. The lowest BCUT2D eigenvalue weighted by molar-refractivity contribution is -0.138. The first-order valence-corrected chi connectivity index (χ1v) is 6.12. The van der Waals surface area contributed by atoms with E-state index in [0.29, 0.717) is 18.3 Å². The van der Waals surface area contributed by atoms with Gasteiger partial charge in [-0.05, 0) is 0 Å². The van der Waals surface area contributed by atoms with Crippen molar-refractivity contribution in [1.29, 1.82) is 0 Å². The third-order valence-electron chi connectivity index (χ3n) is 2.61. The van der Waals surface area contributed by atoms with Crippen molar-refractivity contribution in [3.8, 4) is 11.4 Å². The fraction of sp³-hybridized carbons (Fsp3) is 0.214. The molecule has 0 amide bonds. The van der Waals surface area contributed by atoms with Crippen LogP contribution < -0.4 is 0 Å². The topological polar surface area (TPSA) is 79.5 Å². The highest BCUT2D eigenvalue weighted by atomic mass is 16.5. The van der Waals surface area contributed by atoms with Gasteiger partial charge in [-0.3, -0.25) is 9.69 Å². The first-order valence-electron chi connectivity index (χ1n) is 6.12. The zero-order valence-corrected chi connectivity index (χ0v) is 10.9. The van der Waals surface area contributed by atoms with Gasteiger partial charge in [0.1, 0.15) is 0 Å². The number of nitrogens with zero attached hydrogens (tertiary/aromatic N) is 3. The standard InChI is InChI=1S/C14H15N3O3/c1-2-8-17(10-13(18)19)9-12-15-14(16-20-12)11-6-4-3-5-7-11/h2-7H,1,8-10H2,(H,18,19). The van der Waals surface area contributed by atoms with Crippen LogP contribution in [0.15, 0.2) is 47.5 Å². The minimum atomic E-state index is -0.908. The summed E-state index contributed by atoms with van der Waals surface area (Å²) in [6.07, 6.45) is 1.64. The van der Waals surface area contributed by atoms with Gasteiger partial charge in [0.15, 0.2) is 0 Å². The Bertz CT molecular complexity index is 580. The van der Waals surface area contributed by atoms with Gasteiger partial charge in [0, 0.05) is 12.1 Å². The zero-order chi connectivity index (χ0) is 14.4. The van der Waals surface area contributed by atoms with Crippen LogP contribution in [0.2, 0.25) is 0 Å². The Morgan fingerprint density at radius 3 is 2.80 bits per heavy atom. The summed E-state index contributed by atoms with van der Waals surface area (Å²) in [5.41, 5.74) is 0.857. The molecule has 0 aliphatic rings. The molecule has 0 spiro atoms. The number of aromatic nitrogens is 2. The number of aliphatic carboxylic acids is 1. The van der Waals surface area contributed by atoms with Gasteiger partial charge in [0.25, 0.3) is 0 Å². The molecule has 0 atom stereocenters. The Labute approximate surface area is 116 Å². The van der Waals surface area contributed by atoms with E-state index in [-0.39, 0.29) is 13.1 Å². The molecule has 6 nitrogen and oxygen atoms in total. The normalized spacial score (nSPS) is 10.7. The molecule has 1 N–H and O–H groups in total. The van der Waals surface area contributed by atoms with Crippen LogP contribution >= 0.6 is 0 Å². The van der Waals surface area contributed by atoms with Crippen LogP contribution in [0, 0.1) is 0 Å². The fourth-order valence-corrected chi connectivity index (χ4v) is 1.77. The van der Waals surface area contributed by atoms with E-state index in [4.69, 9.17) is 9.63 Å². The molecule has 0 saturated carbocycles. The van der Waals surface area contributed by atoms with Crippen molar-refractivity contribution in [2.45, 2.75) is 6.54 Å². The van der Waals surface area contributed by atoms with E-state index in [1.54, 1.807) is 11.0 Å². The quantitative estimate of drug-likeness (QED) is 0.775. The summed E-state index contributed by atoms with van der Waals surface area (Å²) in [5.74, 6) is -0.0314. The molecule has 1 aromatic carbocycles. The van der Waals surface area contributed by atoms with Gasteiger partial charge < -0.3 is 9.63 Å². The molecule has 0 aliphatic heterocycles. The van der Waals surface area contributed by atoms with E-state index < -0.39 is 5.97 Å². The number of hydrogen-bond acceptors (Lipinski definition) is 5. The third kappa shape index (κ3) is 3.76. The highest BCUT2D eigenvalue weighted by Gasteiger charge is 2.14. The molecule has 2 rings (SSSR count). The predicted octanol–water partition coefficient (Wildman–Crippen LogP) is 1.81. The van der Waals surface area contributed by atoms with E-state index in [2.05, 4.69) is 16.7 Å². The Kier molecular flexibility index (Phi) is 4.62. The van der Waals surface area contributed by atoms with Crippen LogP contribution in [0.1, 0.15) is 5.89 Å². The Hall–Kier alpha value is -2.47.